The van der Waals surface area contributed by atoms with Crippen LogP contribution in [0.15, 0.2) is 48.7 Å². The third-order valence-corrected chi connectivity index (χ3v) is 4.51. The summed E-state index contributed by atoms with van der Waals surface area (Å²) in [6.07, 6.45) is 1.06. The van der Waals surface area contributed by atoms with Gasteiger partial charge in [0.2, 0.25) is 18.1 Å². The fraction of sp³-hybridized carbons (Fsp3) is 0.238. The van der Waals surface area contributed by atoms with Crippen LogP contribution in [0.25, 0.3) is 22.6 Å². The second kappa shape index (κ2) is 9.02. The molecule has 10 heteroatoms. The molecule has 160 valence electrons. The second-order valence-electron chi connectivity index (χ2n) is 6.97. The summed E-state index contributed by atoms with van der Waals surface area (Å²) >= 11 is 0. The lowest BCUT2D eigenvalue weighted by molar-refractivity contribution is -0.165. The summed E-state index contributed by atoms with van der Waals surface area (Å²) in [6, 6.07) is 7.71. The summed E-state index contributed by atoms with van der Waals surface area (Å²) in [5.74, 6) is 0.0298. The third kappa shape index (κ3) is 4.93. The van der Waals surface area contributed by atoms with Gasteiger partial charge in [0.25, 0.3) is 0 Å². The first-order chi connectivity index (χ1) is 15.0. The lowest BCUT2D eigenvalue weighted by Gasteiger charge is -2.22. The lowest BCUT2D eigenvalue weighted by atomic mass is 10.1. The first-order valence-corrected chi connectivity index (χ1v) is 9.61. The van der Waals surface area contributed by atoms with E-state index < -0.39 is 12.2 Å². The smallest absolute Gasteiger partial charge is 0.223 e. The van der Waals surface area contributed by atoms with Crippen molar-refractivity contribution in [2.75, 3.05) is 25.1 Å². The highest BCUT2D eigenvalue weighted by Crippen LogP contribution is 2.33. The molecule has 1 fully saturated rings. The molecule has 1 amide bonds. The van der Waals surface area contributed by atoms with Crippen LogP contribution in [-0.4, -0.2) is 45.6 Å². The number of aromatic nitrogens is 4. The molecule has 31 heavy (non-hydrogen) atoms. The summed E-state index contributed by atoms with van der Waals surface area (Å²) < 4.78 is 24.8. The fourth-order valence-electron chi connectivity index (χ4n) is 3.02. The molecule has 1 aromatic carbocycles. The number of aromatic amines is 1. The molecule has 0 aliphatic carbocycles. The Morgan fingerprint density at radius 2 is 1.97 bits per heavy atom. The number of H-pyrrole nitrogens is 1. The minimum Gasteiger partial charge on any atom is -0.370 e. The number of primary amides is 1. The number of carbonyl (C=O) groups excluding carboxylic acids is 1. The largest absolute Gasteiger partial charge is 0.370 e. The van der Waals surface area contributed by atoms with E-state index in [1.807, 2.05) is 0 Å². The molecule has 0 atom stereocenters. The minimum absolute atomic E-state index is 0.157. The maximum absolute atomic E-state index is 13.4. The number of hydrogen-bond acceptors (Lipinski definition) is 7. The standard InChI is InChI=1S/C21H21FN6O3/c1-12-10-30-20(31-11-12)19-27-17(13-2-4-14(22)5-3-13)18(28-19)15-6-8-24-21(26-15)25-9-7-16(23)29/h2-6,8,20H,1,7,9-11H2,(H2,23,29)(H,27,28)(H,24,25,26). The van der Waals surface area contributed by atoms with Gasteiger partial charge in [-0.2, -0.15) is 0 Å². The highest BCUT2D eigenvalue weighted by atomic mass is 19.1. The molecule has 4 N–H and O–H groups in total. The summed E-state index contributed by atoms with van der Waals surface area (Å²) in [5, 5.41) is 2.96. The van der Waals surface area contributed by atoms with Crippen molar-refractivity contribution in [3.05, 3.63) is 60.3 Å². The molecular formula is C21H21FN6O3. The summed E-state index contributed by atoms with van der Waals surface area (Å²) in [5.41, 5.74) is 8.41. The van der Waals surface area contributed by atoms with Crippen molar-refractivity contribution in [2.45, 2.75) is 12.7 Å². The zero-order valence-electron chi connectivity index (χ0n) is 16.6. The van der Waals surface area contributed by atoms with Gasteiger partial charge in [-0.3, -0.25) is 4.79 Å². The number of benzene rings is 1. The Bertz CT molecular complexity index is 1090. The van der Waals surface area contributed by atoms with Crippen LogP contribution in [0.1, 0.15) is 18.5 Å². The second-order valence-corrected chi connectivity index (χ2v) is 6.97. The van der Waals surface area contributed by atoms with Crippen molar-refractivity contribution in [3.63, 3.8) is 0 Å². The van der Waals surface area contributed by atoms with Crippen LogP contribution in [0, 0.1) is 5.82 Å². The molecule has 0 bridgehead atoms. The predicted octanol–water partition coefficient (Wildman–Crippen LogP) is 2.56. The maximum atomic E-state index is 13.4. The van der Waals surface area contributed by atoms with E-state index in [4.69, 9.17) is 15.2 Å². The van der Waals surface area contributed by atoms with Gasteiger partial charge in [0.1, 0.15) is 5.82 Å². The van der Waals surface area contributed by atoms with Crippen LogP contribution in [0.4, 0.5) is 10.3 Å². The van der Waals surface area contributed by atoms with Crippen molar-refractivity contribution in [1.82, 2.24) is 19.9 Å². The first-order valence-electron chi connectivity index (χ1n) is 9.61. The number of nitrogens with two attached hydrogens (primary N) is 1. The lowest BCUT2D eigenvalue weighted by Crippen LogP contribution is -2.20. The molecule has 1 aliphatic heterocycles. The Balaban J connectivity index is 1.69. The molecule has 0 unspecified atom stereocenters. The van der Waals surface area contributed by atoms with Gasteiger partial charge in [0, 0.05) is 24.7 Å². The number of ether oxygens (including phenoxy) is 2. The van der Waals surface area contributed by atoms with Gasteiger partial charge in [-0.1, -0.05) is 6.58 Å². The van der Waals surface area contributed by atoms with Crippen molar-refractivity contribution in [1.29, 1.82) is 0 Å². The molecule has 1 aliphatic rings. The van der Waals surface area contributed by atoms with E-state index in [-0.39, 0.29) is 12.2 Å². The molecule has 3 aromatic rings. The van der Waals surface area contributed by atoms with Crippen LogP contribution in [0.3, 0.4) is 0 Å². The Labute approximate surface area is 177 Å². The van der Waals surface area contributed by atoms with Gasteiger partial charge in [-0.25, -0.2) is 19.3 Å². The van der Waals surface area contributed by atoms with Crippen molar-refractivity contribution < 1.29 is 18.7 Å². The minimum atomic E-state index is -0.687. The number of amides is 1. The summed E-state index contributed by atoms with van der Waals surface area (Å²) in [6.45, 7) is 4.89. The molecule has 0 saturated carbocycles. The molecule has 1 saturated heterocycles. The van der Waals surface area contributed by atoms with Crippen LogP contribution in [-0.2, 0) is 14.3 Å². The number of halogens is 1. The van der Waals surface area contributed by atoms with E-state index in [2.05, 4.69) is 31.8 Å². The number of hydrogen-bond donors (Lipinski definition) is 3. The van der Waals surface area contributed by atoms with Crippen molar-refractivity contribution >= 4 is 11.9 Å². The molecule has 9 nitrogen and oxygen atoms in total. The Morgan fingerprint density at radius 1 is 1.23 bits per heavy atom. The summed E-state index contributed by atoms with van der Waals surface area (Å²) in [4.78, 5) is 27.5. The molecule has 0 spiro atoms. The molecule has 4 rings (SSSR count). The van der Waals surface area contributed by atoms with Gasteiger partial charge in [0.15, 0.2) is 5.82 Å². The highest BCUT2D eigenvalue weighted by molar-refractivity contribution is 5.77. The topological polar surface area (TPSA) is 128 Å². The quantitative estimate of drug-likeness (QED) is 0.497. The number of carbonyl (C=O) groups is 1. The number of rotatable bonds is 7. The van der Waals surface area contributed by atoms with E-state index in [9.17, 15) is 9.18 Å². The van der Waals surface area contributed by atoms with Crippen molar-refractivity contribution in [2.24, 2.45) is 5.73 Å². The molecular weight excluding hydrogens is 403 g/mol. The Morgan fingerprint density at radius 3 is 2.68 bits per heavy atom. The normalized spacial score (nSPS) is 14.5. The van der Waals surface area contributed by atoms with Crippen LogP contribution in [0.5, 0.6) is 0 Å². The van der Waals surface area contributed by atoms with Gasteiger partial charge < -0.3 is 25.5 Å². The molecule has 0 radical (unpaired) electrons. The van der Waals surface area contributed by atoms with Crippen LogP contribution >= 0.6 is 0 Å². The summed E-state index contributed by atoms with van der Waals surface area (Å²) in [7, 11) is 0. The zero-order chi connectivity index (χ0) is 21.8. The van der Waals surface area contributed by atoms with E-state index in [1.165, 1.54) is 12.1 Å². The third-order valence-electron chi connectivity index (χ3n) is 4.51. The number of nitrogens with one attached hydrogen (secondary N) is 2. The number of imidazole rings is 1. The Hall–Kier alpha value is -3.63. The molecule has 3 heterocycles. The van der Waals surface area contributed by atoms with Gasteiger partial charge >= 0.3 is 0 Å². The van der Waals surface area contributed by atoms with Crippen molar-refractivity contribution in [3.8, 4) is 22.6 Å². The fourth-order valence-corrected chi connectivity index (χ4v) is 3.02. The number of anilines is 1. The van der Waals surface area contributed by atoms with E-state index >= 15 is 0 Å². The molecule has 2 aromatic heterocycles. The average molecular weight is 424 g/mol. The zero-order valence-corrected chi connectivity index (χ0v) is 16.6. The SMILES string of the molecule is C=C1COC(c2nc(-c3ccc(F)cc3)c(-c3ccnc(NCCC(N)=O)n3)[nH]2)OC1. The Kier molecular flexibility index (Phi) is 6.01. The van der Waals surface area contributed by atoms with Gasteiger partial charge in [-0.05, 0) is 35.9 Å². The van der Waals surface area contributed by atoms with Crippen LogP contribution < -0.4 is 11.1 Å². The van der Waals surface area contributed by atoms with Gasteiger partial charge in [-0.15, -0.1) is 0 Å². The first kappa shape index (κ1) is 20.6. The average Bonchev–Trinajstić information content (AvgIpc) is 3.20. The van der Waals surface area contributed by atoms with Gasteiger partial charge in [0.05, 0.1) is 30.3 Å². The predicted molar refractivity (Wildman–Crippen MR) is 111 cm³/mol. The maximum Gasteiger partial charge on any atom is 0.223 e. The highest BCUT2D eigenvalue weighted by Gasteiger charge is 2.25. The van der Waals surface area contributed by atoms with E-state index in [0.717, 1.165) is 5.57 Å². The van der Waals surface area contributed by atoms with Crippen LogP contribution in [0.2, 0.25) is 0 Å². The van der Waals surface area contributed by atoms with E-state index in [1.54, 1.807) is 24.4 Å². The number of nitrogens with zero attached hydrogens (tertiary/aromatic N) is 3. The van der Waals surface area contributed by atoms with E-state index in [0.29, 0.717) is 54.2 Å². The monoisotopic (exact) mass is 424 g/mol.